The predicted molar refractivity (Wildman–Crippen MR) is 101 cm³/mol. The standard InChI is InChI=1S/C20H23NO4S/c1-13-6-7-17(14(2)9-13)25-11-15-10-18(26-12-15)19(22)21-8-4-5-16(21)20(23)24-3/h6-7,9-10,12,16H,4-5,8,11H2,1-3H3. The normalized spacial score (nSPS) is 16.6. The van der Waals surface area contributed by atoms with Gasteiger partial charge in [0.1, 0.15) is 18.4 Å². The van der Waals surface area contributed by atoms with Crippen LogP contribution in [0.1, 0.15) is 39.2 Å². The Kier molecular flexibility index (Phi) is 5.61. The summed E-state index contributed by atoms with van der Waals surface area (Å²) in [5.41, 5.74) is 3.24. The van der Waals surface area contributed by atoms with Gasteiger partial charge in [-0.1, -0.05) is 17.7 Å². The molecule has 0 aliphatic carbocycles. The largest absolute Gasteiger partial charge is 0.489 e. The lowest BCUT2D eigenvalue weighted by molar-refractivity contribution is -0.145. The summed E-state index contributed by atoms with van der Waals surface area (Å²) in [5.74, 6) is 0.395. The van der Waals surface area contributed by atoms with Crippen molar-refractivity contribution in [2.45, 2.75) is 39.3 Å². The zero-order chi connectivity index (χ0) is 18.7. The molecule has 0 saturated carbocycles. The smallest absolute Gasteiger partial charge is 0.328 e. The van der Waals surface area contributed by atoms with Gasteiger partial charge in [0, 0.05) is 12.1 Å². The maximum Gasteiger partial charge on any atom is 0.328 e. The van der Waals surface area contributed by atoms with Gasteiger partial charge in [-0.2, -0.15) is 0 Å². The lowest BCUT2D eigenvalue weighted by Crippen LogP contribution is -2.40. The minimum Gasteiger partial charge on any atom is -0.489 e. The van der Waals surface area contributed by atoms with Crippen molar-refractivity contribution in [1.82, 2.24) is 4.90 Å². The summed E-state index contributed by atoms with van der Waals surface area (Å²) < 4.78 is 10.7. The van der Waals surface area contributed by atoms with Gasteiger partial charge in [0.25, 0.3) is 5.91 Å². The van der Waals surface area contributed by atoms with Crippen LogP contribution in [0.25, 0.3) is 0 Å². The van der Waals surface area contributed by atoms with Crippen molar-refractivity contribution < 1.29 is 19.1 Å². The second kappa shape index (κ2) is 7.91. The van der Waals surface area contributed by atoms with E-state index in [1.165, 1.54) is 24.0 Å². The molecule has 5 nitrogen and oxygen atoms in total. The highest BCUT2D eigenvalue weighted by Crippen LogP contribution is 2.25. The number of aryl methyl sites for hydroxylation is 2. The van der Waals surface area contributed by atoms with E-state index in [1.54, 1.807) is 4.90 Å². The maximum absolute atomic E-state index is 12.7. The molecule has 0 N–H and O–H groups in total. The molecule has 6 heteroatoms. The number of hydrogen-bond acceptors (Lipinski definition) is 5. The number of ether oxygens (including phenoxy) is 2. The zero-order valence-corrected chi connectivity index (χ0v) is 16.1. The lowest BCUT2D eigenvalue weighted by Gasteiger charge is -2.21. The van der Waals surface area contributed by atoms with Gasteiger partial charge in [0.2, 0.25) is 0 Å². The van der Waals surface area contributed by atoms with Gasteiger partial charge in [-0.25, -0.2) is 4.79 Å². The van der Waals surface area contributed by atoms with Crippen molar-refractivity contribution >= 4 is 23.2 Å². The van der Waals surface area contributed by atoms with Gasteiger partial charge in [-0.15, -0.1) is 11.3 Å². The summed E-state index contributed by atoms with van der Waals surface area (Å²) in [6, 6.07) is 7.45. The molecule has 1 aromatic carbocycles. The summed E-state index contributed by atoms with van der Waals surface area (Å²) in [5, 5.41) is 1.93. The molecule has 138 valence electrons. The number of benzene rings is 1. The molecule has 1 aliphatic heterocycles. The summed E-state index contributed by atoms with van der Waals surface area (Å²) in [6.45, 7) is 5.07. The molecular formula is C20H23NO4S. The Bertz CT molecular complexity index is 814. The number of nitrogens with zero attached hydrogens (tertiary/aromatic N) is 1. The maximum atomic E-state index is 12.7. The molecule has 26 heavy (non-hydrogen) atoms. The van der Waals surface area contributed by atoms with Gasteiger partial charge in [0.15, 0.2) is 0 Å². The van der Waals surface area contributed by atoms with E-state index in [1.807, 2.05) is 37.4 Å². The van der Waals surface area contributed by atoms with Crippen molar-refractivity contribution in [2.75, 3.05) is 13.7 Å². The number of rotatable bonds is 5. The SMILES string of the molecule is COC(=O)C1CCCN1C(=O)c1cc(COc2ccc(C)cc2C)cs1. The highest BCUT2D eigenvalue weighted by molar-refractivity contribution is 7.12. The van der Waals surface area contributed by atoms with Crippen molar-refractivity contribution in [3.63, 3.8) is 0 Å². The number of hydrogen-bond donors (Lipinski definition) is 0. The van der Waals surface area contributed by atoms with E-state index in [-0.39, 0.29) is 11.9 Å². The van der Waals surface area contributed by atoms with Crippen LogP contribution in [-0.2, 0) is 16.1 Å². The molecule has 0 spiro atoms. The average Bonchev–Trinajstić information content (AvgIpc) is 3.29. The van der Waals surface area contributed by atoms with Crippen LogP contribution in [-0.4, -0.2) is 36.5 Å². The summed E-state index contributed by atoms with van der Waals surface area (Å²) >= 11 is 1.38. The first-order valence-corrected chi connectivity index (χ1v) is 9.54. The van der Waals surface area contributed by atoms with Crippen molar-refractivity contribution in [3.8, 4) is 5.75 Å². The minimum absolute atomic E-state index is 0.110. The summed E-state index contributed by atoms with van der Waals surface area (Å²) in [4.78, 5) is 26.8. The topological polar surface area (TPSA) is 55.8 Å². The first-order valence-electron chi connectivity index (χ1n) is 8.66. The molecule has 1 fully saturated rings. The molecule has 1 atom stereocenters. The van der Waals surface area contributed by atoms with Gasteiger partial charge >= 0.3 is 5.97 Å². The number of esters is 1. The molecule has 1 amide bonds. The molecule has 2 heterocycles. The third kappa shape index (κ3) is 3.90. The van der Waals surface area contributed by atoms with E-state index < -0.39 is 6.04 Å². The van der Waals surface area contributed by atoms with E-state index in [0.717, 1.165) is 23.3 Å². The van der Waals surface area contributed by atoms with Crippen LogP contribution in [0.5, 0.6) is 5.75 Å². The van der Waals surface area contributed by atoms with E-state index in [2.05, 4.69) is 6.07 Å². The fourth-order valence-corrected chi connectivity index (χ4v) is 4.07. The lowest BCUT2D eigenvalue weighted by atomic mass is 10.1. The van der Waals surface area contributed by atoms with Crippen LogP contribution in [0.2, 0.25) is 0 Å². The van der Waals surface area contributed by atoms with E-state index in [4.69, 9.17) is 9.47 Å². The second-order valence-corrected chi connectivity index (χ2v) is 7.47. The zero-order valence-electron chi connectivity index (χ0n) is 15.3. The van der Waals surface area contributed by atoms with E-state index >= 15 is 0 Å². The molecule has 2 aromatic rings. The number of amides is 1. The van der Waals surface area contributed by atoms with Crippen LogP contribution < -0.4 is 4.74 Å². The Balaban J connectivity index is 1.65. The molecule has 1 aliphatic rings. The Morgan fingerprint density at radius 3 is 2.81 bits per heavy atom. The van der Waals surface area contributed by atoms with Crippen LogP contribution in [0.15, 0.2) is 29.6 Å². The molecule has 3 rings (SSSR count). The molecule has 0 bridgehead atoms. The predicted octanol–water partition coefficient (Wildman–Crippen LogP) is 3.72. The number of thiophene rings is 1. The highest BCUT2D eigenvalue weighted by Gasteiger charge is 2.35. The minimum atomic E-state index is -0.468. The van der Waals surface area contributed by atoms with E-state index in [0.29, 0.717) is 24.4 Å². The quantitative estimate of drug-likeness (QED) is 0.750. The first kappa shape index (κ1) is 18.5. The monoisotopic (exact) mass is 373 g/mol. The highest BCUT2D eigenvalue weighted by atomic mass is 32.1. The Morgan fingerprint density at radius 2 is 2.08 bits per heavy atom. The van der Waals surface area contributed by atoms with Crippen LogP contribution in [0.4, 0.5) is 0 Å². The molecule has 0 radical (unpaired) electrons. The molecule has 1 aromatic heterocycles. The second-order valence-electron chi connectivity index (χ2n) is 6.56. The van der Waals surface area contributed by atoms with Gasteiger partial charge < -0.3 is 14.4 Å². The number of likely N-dealkylation sites (tertiary alicyclic amines) is 1. The number of carbonyl (C=O) groups is 2. The Morgan fingerprint density at radius 1 is 1.27 bits per heavy atom. The van der Waals surface area contributed by atoms with Crippen molar-refractivity contribution in [1.29, 1.82) is 0 Å². The first-order chi connectivity index (χ1) is 12.5. The van der Waals surface area contributed by atoms with Crippen LogP contribution in [0.3, 0.4) is 0 Å². The van der Waals surface area contributed by atoms with Crippen LogP contribution >= 0.6 is 11.3 Å². The Hall–Kier alpha value is -2.34. The van der Waals surface area contributed by atoms with E-state index in [9.17, 15) is 9.59 Å². The number of methoxy groups -OCH3 is 1. The third-order valence-corrected chi connectivity index (χ3v) is 5.54. The van der Waals surface area contributed by atoms with Crippen molar-refractivity contribution in [2.24, 2.45) is 0 Å². The summed E-state index contributed by atoms with van der Waals surface area (Å²) in [7, 11) is 1.36. The molecule has 1 unspecified atom stereocenters. The average molecular weight is 373 g/mol. The summed E-state index contributed by atoms with van der Waals surface area (Å²) in [6.07, 6.45) is 1.48. The molecular weight excluding hydrogens is 350 g/mol. The van der Waals surface area contributed by atoms with Crippen molar-refractivity contribution in [3.05, 3.63) is 51.2 Å². The fraction of sp³-hybridized carbons (Fsp3) is 0.400. The molecule has 1 saturated heterocycles. The van der Waals surface area contributed by atoms with Gasteiger partial charge in [0.05, 0.1) is 12.0 Å². The van der Waals surface area contributed by atoms with Gasteiger partial charge in [-0.05, 0) is 49.8 Å². The van der Waals surface area contributed by atoms with Crippen LogP contribution in [0, 0.1) is 13.8 Å². The Labute approximate surface area is 157 Å². The fourth-order valence-electron chi connectivity index (χ4n) is 3.22. The third-order valence-electron chi connectivity index (χ3n) is 4.58. The van der Waals surface area contributed by atoms with Gasteiger partial charge in [-0.3, -0.25) is 4.79 Å². The number of carbonyl (C=O) groups excluding carboxylic acids is 2.